The molecule has 0 unspecified atom stereocenters. The Balaban J connectivity index is 2.24. The zero-order chi connectivity index (χ0) is 14.5. The monoisotopic (exact) mass is 278 g/mol. The lowest BCUT2D eigenvalue weighted by Crippen LogP contribution is -1.98. The SMILES string of the molecule is CCCCOc1ccc(-c2ccc(O)cc2F)cc1F. The Hall–Kier alpha value is -2.10. The molecule has 0 fully saturated rings. The average Bonchev–Trinajstić information content (AvgIpc) is 2.41. The Bertz CT molecular complexity index is 597. The van der Waals surface area contributed by atoms with Crippen molar-refractivity contribution in [3.05, 3.63) is 48.0 Å². The number of hydrogen-bond donors (Lipinski definition) is 1. The second-order valence-electron chi connectivity index (χ2n) is 4.51. The molecule has 2 aromatic rings. The van der Waals surface area contributed by atoms with Gasteiger partial charge in [-0.05, 0) is 36.2 Å². The number of rotatable bonds is 5. The molecule has 2 nitrogen and oxygen atoms in total. The van der Waals surface area contributed by atoms with Gasteiger partial charge in [0.15, 0.2) is 11.6 Å². The van der Waals surface area contributed by atoms with E-state index in [0.29, 0.717) is 12.2 Å². The number of phenols is 1. The molecule has 0 amide bonds. The van der Waals surface area contributed by atoms with Crippen molar-refractivity contribution in [3.63, 3.8) is 0 Å². The number of hydrogen-bond acceptors (Lipinski definition) is 2. The van der Waals surface area contributed by atoms with Gasteiger partial charge in [-0.3, -0.25) is 0 Å². The van der Waals surface area contributed by atoms with Crippen LogP contribution in [0.1, 0.15) is 19.8 Å². The molecule has 1 N–H and O–H groups in total. The van der Waals surface area contributed by atoms with Crippen molar-refractivity contribution >= 4 is 0 Å². The molecule has 0 bridgehead atoms. The van der Waals surface area contributed by atoms with Crippen LogP contribution in [0.5, 0.6) is 11.5 Å². The van der Waals surface area contributed by atoms with Crippen LogP contribution in [0, 0.1) is 11.6 Å². The van der Waals surface area contributed by atoms with Gasteiger partial charge in [-0.1, -0.05) is 19.4 Å². The summed E-state index contributed by atoms with van der Waals surface area (Å²) >= 11 is 0. The Morgan fingerprint density at radius 1 is 1.05 bits per heavy atom. The summed E-state index contributed by atoms with van der Waals surface area (Å²) in [6, 6.07) is 8.10. The van der Waals surface area contributed by atoms with Crippen LogP contribution in [0.4, 0.5) is 8.78 Å². The van der Waals surface area contributed by atoms with E-state index in [1.165, 1.54) is 24.3 Å². The van der Waals surface area contributed by atoms with Crippen LogP contribution < -0.4 is 4.74 Å². The van der Waals surface area contributed by atoms with Crippen molar-refractivity contribution in [2.24, 2.45) is 0 Å². The summed E-state index contributed by atoms with van der Waals surface area (Å²) in [5.41, 5.74) is 0.643. The Morgan fingerprint density at radius 2 is 1.85 bits per heavy atom. The molecule has 0 saturated carbocycles. The van der Waals surface area contributed by atoms with E-state index < -0.39 is 11.6 Å². The molecule has 0 aliphatic rings. The lowest BCUT2D eigenvalue weighted by Gasteiger charge is -2.09. The fraction of sp³-hybridized carbons (Fsp3) is 0.250. The summed E-state index contributed by atoms with van der Waals surface area (Å²) in [5.74, 6) is -1.11. The smallest absolute Gasteiger partial charge is 0.165 e. The van der Waals surface area contributed by atoms with Crippen LogP contribution in [-0.2, 0) is 0 Å². The van der Waals surface area contributed by atoms with E-state index in [2.05, 4.69) is 0 Å². The second kappa shape index (κ2) is 6.37. The van der Waals surface area contributed by atoms with Gasteiger partial charge in [-0.25, -0.2) is 8.78 Å². The lowest BCUT2D eigenvalue weighted by atomic mass is 10.0. The summed E-state index contributed by atoms with van der Waals surface area (Å²) in [7, 11) is 0. The summed E-state index contributed by atoms with van der Waals surface area (Å²) in [5, 5.41) is 9.17. The van der Waals surface area contributed by atoms with Crippen molar-refractivity contribution < 1.29 is 18.6 Å². The first kappa shape index (κ1) is 14.3. The number of unbranched alkanes of at least 4 members (excludes halogenated alkanes) is 1. The molecular formula is C16H16F2O2. The fourth-order valence-electron chi connectivity index (χ4n) is 1.85. The summed E-state index contributed by atoms with van der Waals surface area (Å²) in [6.07, 6.45) is 1.83. The Kier molecular flexibility index (Phi) is 4.56. The highest BCUT2D eigenvalue weighted by Gasteiger charge is 2.10. The zero-order valence-corrected chi connectivity index (χ0v) is 11.2. The molecule has 0 saturated heterocycles. The van der Waals surface area contributed by atoms with Crippen LogP contribution in [0.2, 0.25) is 0 Å². The van der Waals surface area contributed by atoms with Crippen LogP contribution in [0.25, 0.3) is 11.1 Å². The van der Waals surface area contributed by atoms with Crippen LogP contribution >= 0.6 is 0 Å². The van der Waals surface area contributed by atoms with Crippen LogP contribution in [0.3, 0.4) is 0 Å². The number of halogens is 2. The zero-order valence-electron chi connectivity index (χ0n) is 11.2. The van der Waals surface area contributed by atoms with E-state index >= 15 is 0 Å². The van der Waals surface area contributed by atoms with E-state index in [-0.39, 0.29) is 17.1 Å². The van der Waals surface area contributed by atoms with Gasteiger partial charge < -0.3 is 9.84 Å². The van der Waals surface area contributed by atoms with Gasteiger partial charge in [0.2, 0.25) is 0 Å². The predicted molar refractivity (Wildman–Crippen MR) is 73.9 cm³/mol. The molecule has 2 rings (SSSR count). The quantitative estimate of drug-likeness (QED) is 0.815. The minimum absolute atomic E-state index is 0.161. The van der Waals surface area contributed by atoms with Gasteiger partial charge in [-0.2, -0.15) is 0 Å². The highest BCUT2D eigenvalue weighted by Crippen LogP contribution is 2.29. The third kappa shape index (κ3) is 3.26. The first-order valence-corrected chi connectivity index (χ1v) is 6.53. The highest BCUT2D eigenvalue weighted by molar-refractivity contribution is 5.65. The van der Waals surface area contributed by atoms with Gasteiger partial charge in [0, 0.05) is 11.6 Å². The van der Waals surface area contributed by atoms with E-state index in [1.807, 2.05) is 6.92 Å². The number of ether oxygens (including phenoxy) is 1. The molecule has 20 heavy (non-hydrogen) atoms. The molecule has 0 aliphatic heterocycles. The highest BCUT2D eigenvalue weighted by atomic mass is 19.1. The molecule has 0 spiro atoms. The van der Waals surface area contributed by atoms with E-state index in [1.54, 1.807) is 6.07 Å². The molecule has 0 atom stereocenters. The summed E-state index contributed by atoms with van der Waals surface area (Å²) < 4.78 is 32.9. The largest absolute Gasteiger partial charge is 0.508 e. The second-order valence-corrected chi connectivity index (χ2v) is 4.51. The van der Waals surface area contributed by atoms with Crippen molar-refractivity contribution in [2.75, 3.05) is 6.61 Å². The maximum atomic E-state index is 13.9. The first-order chi connectivity index (χ1) is 9.61. The first-order valence-electron chi connectivity index (χ1n) is 6.53. The molecule has 0 aliphatic carbocycles. The molecule has 0 aromatic heterocycles. The predicted octanol–water partition coefficient (Wildman–Crippen LogP) is 4.52. The van der Waals surface area contributed by atoms with Crippen molar-refractivity contribution in [1.29, 1.82) is 0 Å². The number of benzene rings is 2. The van der Waals surface area contributed by atoms with Gasteiger partial charge in [0.05, 0.1) is 6.61 Å². The van der Waals surface area contributed by atoms with Crippen molar-refractivity contribution in [2.45, 2.75) is 19.8 Å². The summed E-state index contributed by atoms with van der Waals surface area (Å²) in [6.45, 7) is 2.48. The Morgan fingerprint density at radius 3 is 2.50 bits per heavy atom. The van der Waals surface area contributed by atoms with Crippen LogP contribution in [0.15, 0.2) is 36.4 Å². The third-order valence-electron chi connectivity index (χ3n) is 2.95. The lowest BCUT2D eigenvalue weighted by molar-refractivity contribution is 0.294. The fourth-order valence-corrected chi connectivity index (χ4v) is 1.85. The minimum atomic E-state index is -0.593. The van der Waals surface area contributed by atoms with Crippen LogP contribution in [-0.4, -0.2) is 11.7 Å². The van der Waals surface area contributed by atoms with Gasteiger partial charge in [-0.15, -0.1) is 0 Å². The molecule has 0 radical (unpaired) electrons. The van der Waals surface area contributed by atoms with E-state index in [0.717, 1.165) is 18.9 Å². The minimum Gasteiger partial charge on any atom is -0.508 e. The van der Waals surface area contributed by atoms with Gasteiger partial charge >= 0.3 is 0 Å². The van der Waals surface area contributed by atoms with Gasteiger partial charge in [0.25, 0.3) is 0 Å². The topological polar surface area (TPSA) is 29.5 Å². The average molecular weight is 278 g/mol. The maximum absolute atomic E-state index is 13.9. The number of aromatic hydroxyl groups is 1. The molecule has 0 heterocycles. The standard InChI is InChI=1S/C16H16F2O2/c1-2-3-8-20-16-7-4-11(9-15(16)18)13-6-5-12(19)10-14(13)17/h4-7,9-10,19H,2-3,8H2,1H3. The molecule has 2 aromatic carbocycles. The van der Waals surface area contributed by atoms with E-state index in [4.69, 9.17) is 9.84 Å². The summed E-state index contributed by atoms with van der Waals surface area (Å²) in [4.78, 5) is 0. The number of phenolic OH excluding ortho intramolecular Hbond substituents is 1. The van der Waals surface area contributed by atoms with Gasteiger partial charge in [0.1, 0.15) is 11.6 Å². The Labute approximate surface area is 116 Å². The van der Waals surface area contributed by atoms with Crippen molar-refractivity contribution in [3.8, 4) is 22.6 Å². The molecular weight excluding hydrogens is 262 g/mol. The third-order valence-corrected chi connectivity index (χ3v) is 2.95. The van der Waals surface area contributed by atoms with E-state index in [9.17, 15) is 8.78 Å². The molecule has 4 heteroatoms. The normalized spacial score (nSPS) is 10.6. The maximum Gasteiger partial charge on any atom is 0.165 e. The van der Waals surface area contributed by atoms with Crippen molar-refractivity contribution in [1.82, 2.24) is 0 Å². The molecule has 106 valence electrons.